The molecule has 0 spiro atoms. The van der Waals surface area contributed by atoms with E-state index >= 15 is 0 Å². The third-order valence-corrected chi connectivity index (χ3v) is 4.44. The van der Waals surface area contributed by atoms with Gasteiger partial charge in [0.25, 0.3) is 0 Å². The summed E-state index contributed by atoms with van der Waals surface area (Å²) in [6.07, 6.45) is 7.47. The van der Waals surface area contributed by atoms with E-state index in [0.717, 1.165) is 6.04 Å². The molecule has 1 aliphatic heterocycles. The number of aromatic nitrogens is 1. The summed E-state index contributed by atoms with van der Waals surface area (Å²) in [6.45, 7) is 2.61. The van der Waals surface area contributed by atoms with E-state index in [4.69, 9.17) is 0 Å². The van der Waals surface area contributed by atoms with Crippen LogP contribution in [0.2, 0.25) is 0 Å². The van der Waals surface area contributed by atoms with Crippen molar-refractivity contribution in [3.05, 3.63) is 35.5 Å². The van der Waals surface area contributed by atoms with E-state index in [-0.39, 0.29) is 0 Å². The van der Waals surface area contributed by atoms with E-state index in [0.29, 0.717) is 0 Å². The lowest BCUT2D eigenvalue weighted by Crippen LogP contribution is -2.37. The van der Waals surface area contributed by atoms with Crippen molar-refractivity contribution < 1.29 is 0 Å². The van der Waals surface area contributed by atoms with Crippen LogP contribution in [0.3, 0.4) is 0 Å². The van der Waals surface area contributed by atoms with E-state index in [1.165, 1.54) is 55.2 Å². The number of hydrogen-bond donors (Lipinski definition) is 1. The van der Waals surface area contributed by atoms with Crippen LogP contribution >= 0.6 is 0 Å². The van der Waals surface area contributed by atoms with Gasteiger partial charge in [-0.3, -0.25) is 4.90 Å². The molecule has 2 aromatic rings. The minimum absolute atomic E-state index is 0.742. The molecule has 4 rings (SSSR count). The molecular weight excluding hydrogens is 208 g/mol. The average Bonchev–Trinajstić information content (AvgIpc) is 2.99. The molecule has 17 heavy (non-hydrogen) atoms. The topological polar surface area (TPSA) is 19.0 Å². The van der Waals surface area contributed by atoms with Gasteiger partial charge in [-0.2, -0.15) is 0 Å². The van der Waals surface area contributed by atoms with E-state index < -0.39 is 0 Å². The lowest BCUT2D eigenvalue weighted by atomic mass is 9.88. The number of hydrogen-bond acceptors (Lipinski definition) is 1. The van der Waals surface area contributed by atoms with Crippen LogP contribution in [0, 0.1) is 0 Å². The Morgan fingerprint density at radius 2 is 1.88 bits per heavy atom. The maximum atomic E-state index is 3.41. The first-order chi connectivity index (χ1) is 8.42. The third kappa shape index (κ3) is 1.44. The molecule has 1 aromatic heterocycles. The molecule has 2 aliphatic rings. The predicted octanol–water partition coefficient (Wildman–Crippen LogP) is 2.73. The highest BCUT2D eigenvalue weighted by atomic mass is 15.2. The number of nitrogens with zero attached hydrogens (tertiary/aromatic N) is 1. The van der Waals surface area contributed by atoms with Gasteiger partial charge in [0.1, 0.15) is 0 Å². The zero-order valence-corrected chi connectivity index (χ0v) is 10.1. The molecule has 0 saturated carbocycles. The van der Waals surface area contributed by atoms with Crippen molar-refractivity contribution in [2.75, 3.05) is 13.1 Å². The maximum Gasteiger partial charge on any atom is 0.0459 e. The van der Waals surface area contributed by atoms with E-state index in [1.807, 2.05) is 0 Å². The Morgan fingerprint density at radius 3 is 2.76 bits per heavy atom. The fourth-order valence-corrected chi connectivity index (χ4v) is 3.61. The molecule has 1 aliphatic carbocycles. The maximum absolute atomic E-state index is 3.41. The van der Waals surface area contributed by atoms with Gasteiger partial charge in [0.05, 0.1) is 0 Å². The molecular formula is C15H18N2. The van der Waals surface area contributed by atoms with Crippen molar-refractivity contribution in [1.82, 2.24) is 9.88 Å². The second kappa shape index (κ2) is 3.61. The van der Waals surface area contributed by atoms with Crippen LogP contribution in [0.25, 0.3) is 10.9 Å². The Kier molecular flexibility index (Phi) is 2.06. The number of benzene rings is 1. The Balaban J connectivity index is 1.75. The van der Waals surface area contributed by atoms with Gasteiger partial charge >= 0.3 is 0 Å². The van der Waals surface area contributed by atoms with Crippen LogP contribution in [-0.2, 0) is 12.8 Å². The smallest absolute Gasteiger partial charge is 0.0459 e. The summed E-state index contributed by atoms with van der Waals surface area (Å²) in [4.78, 5) is 6.10. The largest absolute Gasteiger partial charge is 0.361 e. The molecule has 1 atom stereocenters. The molecule has 1 aromatic carbocycles. The molecule has 0 bridgehead atoms. The summed E-state index contributed by atoms with van der Waals surface area (Å²) in [6, 6.07) is 7.43. The number of aromatic amines is 1. The monoisotopic (exact) mass is 226 g/mol. The molecule has 1 saturated heterocycles. The first-order valence-corrected chi connectivity index (χ1v) is 6.74. The standard InChI is InChI=1S/C15H18N2/c1-2-7-17(6-1)13-8-11-4-3-5-14-15(11)12(9-13)10-16-14/h3-5,10,13,16H,1-2,6-9H2. The van der Waals surface area contributed by atoms with Gasteiger partial charge in [0.15, 0.2) is 0 Å². The van der Waals surface area contributed by atoms with Gasteiger partial charge in [-0.15, -0.1) is 0 Å². The average molecular weight is 226 g/mol. The van der Waals surface area contributed by atoms with Crippen molar-refractivity contribution in [2.45, 2.75) is 31.7 Å². The SMILES string of the molecule is c1cc2c3c(c[nH]c3c1)CC(N1CCCC1)C2. The fourth-order valence-electron chi connectivity index (χ4n) is 3.61. The molecule has 2 nitrogen and oxygen atoms in total. The van der Waals surface area contributed by atoms with Gasteiger partial charge in [-0.1, -0.05) is 12.1 Å². The molecule has 0 radical (unpaired) electrons. The van der Waals surface area contributed by atoms with Gasteiger partial charge in [-0.25, -0.2) is 0 Å². The van der Waals surface area contributed by atoms with Crippen molar-refractivity contribution in [2.24, 2.45) is 0 Å². The summed E-state index contributed by atoms with van der Waals surface area (Å²) in [5.74, 6) is 0. The van der Waals surface area contributed by atoms with Crippen LogP contribution in [0.15, 0.2) is 24.4 Å². The van der Waals surface area contributed by atoms with Crippen molar-refractivity contribution in [3.63, 3.8) is 0 Å². The highest BCUT2D eigenvalue weighted by Gasteiger charge is 2.27. The zero-order valence-electron chi connectivity index (χ0n) is 10.1. The van der Waals surface area contributed by atoms with E-state index in [9.17, 15) is 0 Å². The van der Waals surface area contributed by atoms with Gasteiger partial charge in [0.2, 0.25) is 0 Å². The Labute approximate surface area is 102 Å². The highest BCUT2D eigenvalue weighted by Crippen LogP contribution is 2.32. The van der Waals surface area contributed by atoms with E-state index in [1.54, 1.807) is 5.56 Å². The molecule has 88 valence electrons. The second-order valence-electron chi connectivity index (χ2n) is 5.46. The van der Waals surface area contributed by atoms with Crippen LogP contribution in [0.1, 0.15) is 24.0 Å². The Hall–Kier alpha value is -1.28. The predicted molar refractivity (Wildman–Crippen MR) is 70.3 cm³/mol. The number of H-pyrrole nitrogens is 1. The van der Waals surface area contributed by atoms with Gasteiger partial charge in [0, 0.05) is 23.1 Å². The molecule has 1 fully saturated rings. The van der Waals surface area contributed by atoms with Crippen molar-refractivity contribution in [1.29, 1.82) is 0 Å². The second-order valence-corrected chi connectivity index (χ2v) is 5.46. The molecule has 1 N–H and O–H groups in total. The Morgan fingerprint density at radius 1 is 1.06 bits per heavy atom. The normalized spacial score (nSPS) is 24.6. The highest BCUT2D eigenvalue weighted by molar-refractivity contribution is 5.87. The molecule has 1 unspecified atom stereocenters. The van der Waals surface area contributed by atoms with Crippen molar-refractivity contribution in [3.8, 4) is 0 Å². The van der Waals surface area contributed by atoms with Crippen molar-refractivity contribution >= 4 is 10.9 Å². The fraction of sp³-hybridized carbons (Fsp3) is 0.467. The molecule has 2 heteroatoms. The quantitative estimate of drug-likeness (QED) is 0.792. The summed E-state index contributed by atoms with van der Waals surface area (Å²) in [5, 5.41) is 1.50. The molecule has 2 heterocycles. The minimum Gasteiger partial charge on any atom is -0.361 e. The van der Waals surface area contributed by atoms with Crippen LogP contribution in [0.4, 0.5) is 0 Å². The Bertz CT molecular complexity index is 549. The number of rotatable bonds is 1. The summed E-state index contributed by atoms with van der Waals surface area (Å²) in [5.41, 5.74) is 4.39. The first kappa shape index (κ1) is 9.72. The van der Waals surface area contributed by atoms with E-state index in [2.05, 4.69) is 34.3 Å². The lowest BCUT2D eigenvalue weighted by molar-refractivity contribution is 0.237. The van der Waals surface area contributed by atoms with Gasteiger partial charge < -0.3 is 4.98 Å². The first-order valence-electron chi connectivity index (χ1n) is 6.74. The molecule has 0 amide bonds. The summed E-state index contributed by atoms with van der Waals surface area (Å²) < 4.78 is 0. The van der Waals surface area contributed by atoms with Gasteiger partial charge in [-0.05, 0) is 56.0 Å². The lowest BCUT2D eigenvalue weighted by Gasteiger charge is -2.30. The minimum atomic E-state index is 0.742. The number of nitrogens with one attached hydrogen (secondary N) is 1. The van der Waals surface area contributed by atoms with Crippen LogP contribution in [-0.4, -0.2) is 29.0 Å². The third-order valence-electron chi connectivity index (χ3n) is 4.44. The summed E-state index contributed by atoms with van der Waals surface area (Å²) >= 11 is 0. The zero-order chi connectivity index (χ0) is 11.2. The van der Waals surface area contributed by atoms with Crippen LogP contribution in [0.5, 0.6) is 0 Å². The summed E-state index contributed by atoms with van der Waals surface area (Å²) in [7, 11) is 0. The number of likely N-dealkylation sites (tertiary alicyclic amines) is 1. The van der Waals surface area contributed by atoms with Crippen LogP contribution < -0.4 is 0 Å².